The van der Waals surface area contributed by atoms with Crippen molar-refractivity contribution in [2.24, 2.45) is 16.6 Å². The van der Waals surface area contributed by atoms with Crippen LogP contribution in [0.3, 0.4) is 0 Å². The summed E-state index contributed by atoms with van der Waals surface area (Å²) in [5.41, 5.74) is 5.20. The van der Waals surface area contributed by atoms with E-state index in [-0.39, 0.29) is 5.76 Å². The molecule has 0 aromatic carbocycles. The van der Waals surface area contributed by atoms with Gasteiger partial charge < -0.3 is 20.4 Å². The van der Waals surface area contributed by atoms with E-state index < -0.39 is 5.91 Å². The minimum atomic E-state index is -0.557. The van der Waals surface area contributed by atoms with Crippen molar-refractivity contribution >= 4 is 11.9 Å². The first-order valence-electron chi connectivity index (χ1n) is 8.63. The van der Waals surface area contributed by atoms with Gasteiger partial charge in [0.2, 0.25) is 0 Å². The van der Waals surface area contributed by atoms with E-state index in [0.717, 1.165) is 45.2 Å². The van der Waals surface area contributed by atoms with Crippen molar-refractivity contribution in [3.63, 3.8) is 0 Å². The lowest BCUT2D eigenvalue weighted by Gasteiger charge is -2.37. The Morgan fingerprint density at radius 1 is 1.33 bits per heavy atom. The van der Waals surface area contributed by atoms with Crippen molar-refractivity contribution in [3.8, 4) is 0 Å². The molecule has 1 aliphatic heterocycles. The molecule has 1 fully saturated rings. The average molecular weight is 335 g/mol. The van der Waals surface area contributed by atoms with Gasteiger partial charge in [-0.25, -0.2) is 4.99 Å². The van der Waals surface area contributed by atoms with Gasteiger partial charge in [0, 0.05) is 39.3 Å². The van der Waals surface area contributed by atoms with Gasteiger partial charge in [-0.3, -0.25) is 9.69 Å². The van der Waals surface area contributed by atoms with Crippen LogP contribution in [-0.4, -0.2) is 60.9 Å². The number of carbonyl (C=O) groups is 1. The number of hydrogen-bond acceptors (Lipinski definition) is 4. The van der Waals surface area contributed by atoms with Crippen LogP contribution in [0.5, 0.6) is 0 Å². The number of rotatable bonds is 6. The molecule has 0 radical (unpaired) electrons. The number of furan rings is 1. The minimum Gasteiger partial charge on any atom is -0.454 e. The summed E-state index contributed by atoms with van der Waals surface area (Å²) in [6.07, 6.45) is 0. The predicted octanol–water partition coefficient (Wildman–Crippen LogP) is 1.12. The Labute approximate surface area is 143 Å². The summed E-state index contributed by atoms with van der Waals surface area (Å²) in [5, 5.41) is 3.33. The molecular formula is C17H29N5O2. The fourth-order valence-electron chi connectivity index (χ4n) is 2.83. The quantitative estimate of drug-likeness (QED) is 0.601. The van der Waals surface area contributed by atoms with E-state index >= 15 is 0 Å². The molecule has 0 aliphatic carbocycles. The Hall–Kier alpha value is -2.02. The fraction of sp³-hybridized carbons (Fsp3) is 0.647. The number of nitrogens with two attached hydrogens (primary N) is 1. The van der Waals surface area contributed by atoms with E-state index in [0.29, 0.717) is 18.2 Å². The topological polar surface area (TPSA) is 87.1 Å². The van der Waals surface area contributed by atoms with E-state index in [1.807, 2.05) is 0 Å². The van der Waals surface area contributed by atoms with Crippen LogP contribution >= 0.6 is 0 Å². The molecule has 1 aromatic rings. The number of hydrogen-bond donors (Lipinski definition) is 2. The zero-order valence-corrected chi connectivity index (χ0v) is 14.9. The molecule has 0 atom stereocenters. The first kappa shape index (κ1) is 18.3. The minimum absolute atomic E-state index is 0.174. The summed E-state index contributed by atoms with van der Waals surface area (Å²) < 4.78 is 5.39. The summed E-state index contributed by atoms with van der Waals surface area (Å²) in [6.45, 7) is 12.9. The molecule has 0 unspecified atom stereocenters. The Kier molecular flexibility index (Phi) is 6.66. The van der Waals surface area contributed by atoms with Crippen LogP contribution in [0.1, 0.15) is 37.1 Å². The summed E-state index contributed by atoms with van der Waals surface area (Å²) >= 11 is 0. The molecule has 1 saturated heterocycles. The normalized spacial score (nSPS) is 16.7. The Bertz CT molecular complexity index is 559. The third-order valence-corrected chi connectivity index (χ3v) is 3.92. The second kappa shape index (κ2) is 8.73. The Morgan fingerprint density at radius 2 is 2.04 bits per heavy atom. The van der Waals surface area contributed by atoms with Gasteiger partial charge in [-0.1, -0.05) is 13.8 Å². The van der Waals surface area contributed by atoms with Crippen LogP contribution in [0.15, 0.2) is 21.5 Å². The van der Waals surface area contributed by atoms with Crippen molar-refractivity contribution < 1.29 is 9.21 Å². The van der Waals surface area contributed by atoms with Gasteiger partial charge in [0.1, 0.15) is 12.3 Å². The molecule has 134 valence electrons. The van der Waals surface area contributed by atoms with Crippen molar-refractivity contribution in [2.45, 2.75) is 27.3 Å². The highest BCUT2D eigenvalue weighted by molar-refractivity contribution is 5.89. The molecule has 1 amide bonds. The lowest BCUT2D eigenvalue weighted by atomic mass is 10.2. The van der Waals surface area contributed by atoms with Crippen LogP contribution in [-0.2, 0) is 6.54 Å². The molecular weight excluding hydrogens is 306 g/mol. The van der Waals surface area contributed by atoms with Crippen LogP contribution in [0.4, 0.5) is 0 Å². The number of carbonyl (C=O) groups excluding carboxylic acids is 1. The second-order valence-corrected chi connectivity index (χ2v) is 6.48. The Balaban J connectivity index is 1.94. The third kappa shape index (κ3) is 5.26. The summed E-state index contributed by atoms with van der Waals surface area (Å²) in [7, 11) is 0. The number of guanidine groups is 1. The van der Waals surface area contributed by atoms with E-state index in [2.05, 4.69) is 40.9 Å². The van der Waals surface area contributed by atoms with E-state index in [9.17, 15) is 4.79 Å². The SMILES string of the molecule is CCNC(=NCc1ccc(C(N)=O)o1)N1CCN(CC(C)C)CC1. The maximum atomic E-state index is 11.1. The highest BCUT2D eigenvalue weighted by Crippen LogP contribution is 2.10. The van der Waals surface area contributed by atoms with Crippen LogP contribution < -0.4 is 11.1 Å². The lowest BCUT2D eigenvalue weighted by Crippen LogP contribution is -2.53. The first-order chi connectivity index (χ1) is 11.5. The molecule has 1 aliphatic rings. The standard InChI is InChI=1S/C17H29N5O2/c1-4-19-17(20-11-14-5-6-15(24-14)16(18)23)22-9-7-21(8-10-22)12-13(2)3/h5-6,13H,4,7-12H2,1-3H3,(H2,18,23)(H,19,20). The molecule has 0 bridgehead atoms. The van der Waals surface area contributed by atoms with Gasteiger partial charge in [-0.15, -0.1) is 0 Å². The lowest BCUT2D eigenvalue weighted by molar-refractivity contribution is 0.0972. The number of piperazine rings is 1. The number of nitrogens with zero attached hydrogens (tertiary/aromatic N) is 3. The van der Waals surface area contributed by atoms with Crippen LogP contribution in [0.25, 0.3) is 0 Å². The predicted molar refractivity (Wildman–Crippen MR) is 94.9 cm³/mol. The van der Waals surface area contributed by atoms with Gasteiger partial charge >= 0.3 is 0 Å². The van der Waals surface area contributed by atoms with Gasteiger partial charge in [0.15, 0.2) is 11.7 Å². The summed E-state index contributed by atoms with van der Waals surface area (Å²) in [4.78, 5) is 20.5. The number of primary amides is 1. The summed E-state index contributed by atoms with van der Waals surface area (Å²) in [6, 6.07) is 3.33. The molecule has 1 aromatic heterocycles. The van der Waals surface area contributed by atoms with Crippen molar-refractivity contribution in [2.75, 3.05) is 39.3 Å². The molecule has 2 rings (SSSR count). The smallest absolute Gasteiger partial charge is 0.284 e. The Morgan fingerprint density at radius 3 is 2.58 bits per heavy atom. The third-order valence-electron chi connectivity index (χ3n) is 3.92. The van der Waals surface area contributed by atoms with E-state index in [1.165, 1.54) is 0 Å². The number of aliphatic imine (C=N–C) groups is 1. The van der Waals surface area contributed by atoms with Crippen molar-refractivity contribution in [3.05, 3.63) is 23.7 Å². The highest BCUT2D eigenvalue weighted by Gasteiger charge is 2.20. The van der Waals surface area contributed by atoms with E-state index in [4.69, 9.17) is 10.2 Å². The molecule has 24 heavy (non-hydrogen) atoms. The molecule has 0 saturated carbocycles. The largest absolute Gasteiger partial charge is 0.454 e. The molecule has 0 spiro atoms. The zero-order valence-electron chi connectivity index (χ0n) is 14.9. The second-order valence-electron chi connectivity index (χ2n) is 6.48. The van der Waals surface area contributed by atoms with Gasteiger partial charge in [-0.05, 0) is 25.0 Å². The fourth-order valence-corrected chi connectivity index (χ4v) is 2.83. The zero-order chi connectivity index (χ0) is 17.5. The maximum Gasteiger partial charge on any atom is 0.284 e. The number of nitrogens with one attached hydrogen (secondary N) is 1. The molecule has 3 N–H and O–H groups in total. The highest BCUT2D eigenvalue weighted by atomic mass is 16.3. The first-order valence-corrected chi connectivity index (χ1v) is 8.63. The van der Waals surface area contributed by atoms with Crippen molar-refractivity contribution in [1.29, 1.82) is 0 Å². The average Bonchev–Trinajstić information content (AvgIpc) is 3.01. The molecule has 2 heterocycles. The molecule has 7 nitrogen and oxygen atoms in total. The van der Waals surface area contributed by atoms with Gasteiger partial charge in [0.05, 0.1) is 0 Å². The van der Waals surface area contributed by atoms with Crippen LogP contribution in [0, 0.1) is 5.92 Å². The van der Waals surface area contributed by atoms with Crippen LogP contribution in [0.2, 0.25) is 0 Å². The number of amides is 1. The molecule has 7 heteroatoms. The maximum absolute atomic E-state index is 11.1. The van der Waals surface area contributed by atoms with Gasteiger partial charge in [0.25, 0.3) is 5.91 Å². The monoisotopic (exact) mass is 335 g/mol. The van der Waals surface area contributed by atoms with E-state index in [1.54, 1.807) is 12.1 Å². The van der Waals surface area contributed by atoms with Crippen molar-refractivity contribution in [1.82, 2.24) is 15.1 Å². The summed E-state index contributed by atoms with van der Waals surface area (Å²) in [5.74, 6) is 1.83. The van der Waals surface area contributed by atoms with Gasteiger partial charge in [-0.2, -0.15) is 0 Å².